The predicted octanol–water partition coefficient (Wildman–Crippen LogP) is 2.97. The molecular weight excluding hydrogens is 286 g/mol. The molecule has 0 aliphatic heterocycles. The molecule has 4 nitrogen and oxygen atoms in total. The van der Waals surface area contributed by atoms with Gasteiger partial charge in [0.25, 0.3) is 0 Å². The Morgan fingerprint density at radius 2 is 2.10 bits per heavy atom. The molecule has 1 aromatic carbocycles. The van der Waals surface area contributed by atoms with E-state index in [0.29, 0.717) is 12.6 Å². The zero-order valence-corrected chi connectivity index (χ0v) is 13.9. The number of carbonyl (C=O) groups is 1. The molecule has 0 aromatic heterocycles. The lowest BCUT2D eigenvalue weighted by atomic mass is 10.1. The van der Waals surface area contributed by atoms with Crippen molar-refractivity contribution in [2.45, 2.75) is 45.1 Å². The molecule has 0 aliphatic rings. The van der Waals surface area contributed by atoms with Gasteiger partial charge in [0.15, 0.2) is 0 Å². The van der Waals surface area contributed by atoms with E-state index in [4.69, 9.17) is 9.84 Å². The van der Waals surface area contributed by atoms with Crippen LogP contribution in [0.3, 0.4) is 0 Å². The fourth-order valence-electron chi connectivity index (χ4n) is 1.96. The molecule has 5 heteroatoms. The molecule has 0 unspecified atom stereocenters. The van der Waals surface area contributed by atoms with E-state index in [-0.39, 0.29) is 19.9 Å². The summed E-state index contributed by atoms with van der Waals surface area (Å²) >= 11 is 0. The van der Waals surface area contributed by atoms with Crippen LogP contribution in [-0.2, 0) is 11.2 Å². The molecule has 0 saturated carbocycles. The van der Waals surface area contributed by atoms with Gasteiger partial charge in [-0.25, -0.2) is 0 Å². The van der Waals surface area contributed by atoms with Crippen LogP contribution in [0.1, 0.15) is 38.2 Å². The minimum atomic E-state index is -0.725. The Balaban J connectivity index is 0.00000400. The topological polar surface area (TPSA) is 58.6 Å². The molecule has 0 radical (unpaired) electrons. The van der Waals surface area contributed by atoms with E-state index in [2.05, 4.69) is 24.4 Å². The van der Waals surface area contributed by atoms with Crippen LogP contribution in [0, 0.1) is 0 Å². The summed E-state index contributed by atoms with van der Waals surface area (Å²) in [6, 6.07) is 8.60. The second-order valence-corrected chi connectivity index (χ2v) is 5.09. The molecule has 0 bridgehead atoms. The number of carboxylic acid groups (broad SMARTS) is 1. The molecule has 0 amide bonds. The molecular formula is C16H27NO3S. The fraction of sp³-hybridized carbons (Fsp3) is 0.562. The third-order valence-corrected chi connectivity index (χ3v) is 3.24. The van der Waals surface area contributed by atoms with Crippen LogP contribution < -0.4 is 10.1 Å². The van der Waals surface area contributed by atoms with E-state index in [1.807, 2.05) is 19.2 Å². The lowest BCUT2D eigenvalue weighted by Crippen LogP contribution is -2.23. The maximum absolute atomic E-state index is 10.4. The van der Waals surface area contributed by atoms with Gasteiger partial charge in [-0.3, -0.25) is 4.79 Å². The molecule has 120 valence electrons. The maximum Gasteiger partial charge on any atom is 0.303 e. The first-order valence-electron chi connectivity index (χ1n) is 7.22. The summed E-state index contributed by atoms with van der Waals surface area (Å²) in [7, 11) is 1.96. The third-order valence-electron chi connectivity index (χ3n) is 3.24. The van der Waals surface area contributed by atoms with Crippen LogP contribution >= 0.6 is 13.5 Å². The van der Waals surface area contributed by atoms with E-state index in [1.165, 1.54) is 5.56 Å². The molecule has 0 fully saturated rings. The summed E-state index contributed by atoms with van der Waals surface area (Å²) < 4.78 is 5.70. The van der Waals surface area contributed by atoms with Crippen molar-refractivity contribution in [1.29, 1.82) is 0 Å². The number of ether oxygens (including phenoxy) is 1. The number of likely N-dealkylation sites (N-methyl/N-ethyl adjacent to an activating group) is 1. The van der Waals surface area contributed by atoms with Gasteiger partial charge in [0.2, 0.25) is 0 Å². The van der Waals surface area contributed by atoms with Gasteiger partial charge in [-0.15, -0.1) is 0 Å². The highest BCUT2D eigenvalue weighted by atomic mass is 32.1. The average Bonchev–Trinajstić information content (AvgIpc) is 2.42. The van der Waals surface area contributed by atoms with Crippen LogP contribution in [0.15, 0.2) is 24.3 Å². The molecule has 0 aliphatic carbocycles. The second kappa shape index (κ2) is 11.5. The number of carboxylic acids is 1. The molecule has 0 heterocycles. The quantitative estimate of drug-likeness (QED) is 0.652. The molecule has 0 spiro atoms. The van der Waals surface area contributed by atoms with Crippen LogP contribution in [-0.4, -0.2) is 30.8 Å². The van der Waals surface area contributed by atoms with Crippen molar-refractivity contribution in [2.75, 3.05) is 13.7 Å². The summed E-state index contributed by atoms with van der Waals surface area (Å²) in [5.74, 6) is 0.168. The van der Waals surface area contributed by atoms with Crippen molar-refractivity contribution in [2.24, 2.45) is 0 Å². The lowest BCUT2D eigenvalue weighted by Gasteiger charge is -2.11. The van der Waals surface area contributed by atoms with Gasteiger partial charge in [0, 0.05) is 12.5 Å². The number of nitrogens with one attached hydrogen (secondary N) is 1. The minimum Gasteiger partial charge on any atom is -0.494 e. The fourth-order valence-corrected chi connectivity index (χ4v) is 1.96. The van der Waals surface area contributed by atoms with Crippen LogP contribution in [0.5, 0.6) is 5.75 Å². The van der Waals surface area contributed by atoms with Crippen LogP contribution in [0.4, 0.5) is 0 Å². The van der Waals surface area contributed by atoms with Crippen molar-refractivity contribution < 1.29 is 14.6 Å². The molecule has 1 atom stereocenters. The maximum atomic E-state index is 10.4. The van der Waals surface area contributed by atoms with E-state index >= 15 is 0 Å². The monoisotopic (exact) mass is 313 g/mol. The zero-order chi connectivity index (χ0) is 14.8. The normalized spacial score (nSPS) is 11.5. The van der Waals surface area contributed by atoms with Gasteiger partial charge >= 0.3 is 5.97 Å². The minimum absolute atomic E-state index is 0. The summed E-state index contributed by atoms with van der Waals surface area (Å²) in [6.45, 7) is 2.79. The summed E-state index contributed by atoms with van der Waals surface area (Å²) in [5.41, 5.74) is 1.26. The molecule has 1 rings (SSSR count). The molecule has 2 N–H and O–H groups in total. The molecule has 21 heavy (non-hydrogen) atoms. The van der Waals surface area contributed by atoms with Gasteiger partial charge in [-0.2, -0.15) is 13.5 Å². The van der Waals surface area contributed by atoms with Gasteiger partial charge in [-0.1, -0.05) is 12.1 Å². The Morgan fingerprint density at radius 1 is 1.33 bits per heavy atom. The SMILES string of the molecule is CN[C@H](C)Cc1cccc(OCCCCCC(=O)O)c1.S. The molecule has 0 saturated heterocycles. The summed E-state index contributed by atoms with van der Waals surface area (Å²) in [6.07, 6.45) is 3.73. The van der Waals surface area contributed by atoms with Gasteiger partial charge in [0.05, 0.1) is 6.61 Å². The second-order valence-electron chi connectivity index (χ2n) is 5.09. The number of aliphatic carboxylic acids is 1. The first-order valence-corrected chi connectivity index (χ1v) is 7.22. The van der Waals surface area contributed by atoms with Crippen molar-refractivity contribution in [3.63, 3.8) is 0 Å². The Labute approximate surface area is 134 Å². The Morgan fingerprint density at radius 3 is 2.76 bits per heavy atom. The van der Waals surface area contributed by atoms with E-state index in [1.54, 1.807) is 0 Å². The summed E-state index contributed by atoms with van der Waals surface area (Å²) in [4.78, 5) is 10.4. The zero-order valence-electron chi connectivity index (χ0n) is 12.9. The van der Waals surface area contributed by atoms with Crippen molar-refractivity contribution >= 4 is 19.5 Å². The first kappa shape index (κ1) is 19.8. The number of unbranched alkanes of at least 4 members (excludes halogenated alkanes) is 2. The predicted molar refractivity (Wildman–Crippen MR) is 90.6 cm³/mol. The smallest absolute Gasteiger partial charge is 0.303 e. The number of hydrogen-bond acceptors (Lipinski definition) is 3. The van der Waals surface area contributed by atoms with Gasteiger partial charge < -0.3 is 15.2 Å². The van der Waals surface area contributed by atoms with E-state index < -0.39 is 5.97 Å². The Kier molecular flexibility index (Phi) is 10.8. The standard InChI is InChI=1S/C16H25NO3.H2S/c1-13(17-2)11-14-7-6-8-15(12-14)20-10-5-3-4-9-16(18)19;/h6-8,12-13,17H,3-5,9-11H2,1-2H3,(H,18,19);1H2/t13-;/m1./s1. The first-order chi connectivity index (χ1) is 9.61. The highest BCUT2D eigenvalue weighted by Gasteiger charge is 2.02. The van der Waals surface area contributed by atoms with Crippen LogP contribution in [0.2, 0.25) is 0 Å². The lowest BCUT2D eigenvalue weighted by molar-refractivity contribution is -0.137. The number of hydrogen-bond donors (Lipinski definition) is 2. The average molecular weight is 313 g/mol. The number of benzene rings is 1. The molecule has 1 aromatic rings. The van der Waals surface area contributed by atoms with Gasteiger partial charge in [0.1, 0.15) is 5.75 Å². The highest BCUT2D eigenvalue weighted by Crippen LogP contribution is 2.15. The van der Waals surface area contributed by atoms with Crippen molar-refractivity contribution in [1.82, 2.24) is 5.32 Å². The third kappa shape index (κ3) is 9.37. The summed E-state index contributed by atoms with van der Waals surface area (Å²) in [5, 5.41) is 11.8. The van der Waals surface area contributed by atoms with Crippen molar-refractivity contribution in [3.05, 3.63) is 29.8 Å². The Bertz CT molecular complexity index is 412. The van der Waals surface area contributed by atoms with Gasteiger partial charge in [-0.05, 0) is 57.4 Å². The highest BCUT2D eigenvalue weighted by molar-refractivity contribution is 7.59. The Hall–Kier alpha value is -1.20. The number of rotatable bonds is 10. The van der Waals surface area contributed by atoms with E-state index in [0.717, 1.165) is 31.4 Å². The largest absolute Gasteiger partial charge is 0.494 e. The van der Waals surface area contributed by atoms with Crippen LogP contribution in [0.25, 0.3) is 0 Å². The van der Waals surface area contributed by atoms with E-state index in [9.17, 15) is 4.79 Å². The van der Waals surface area contributed by atoms with Crippen molar-refractivity contribution in [3.8, 4) is 5.75 Å².